The molecule has 0 atom stereocenters. The molecule has 234 valence electrons. The lowest BCUT2D eigenvalue weighted by molar-refractivity contribution is 0.475. The van der Waals surface area contributed by atoms with E-state index in [9.17, 15) is 0 Å². The topological polar surface area (TPSA) is 77.1 Å². The summed E-state index contributed by atoms with van der Waals surface area (Å²) in [5.41, 5.74) is 8.02. The Morgan fingerprint density at radius 2 is 1.51 bits per heavy atom. The summed E-state index contributed by atoms with van der Waals surface area (Å²) in [5.74, 6) is 2.86. The van der Waals surface area contributed by atoms with Crippen molar-refractivity contribution in [1.82, 2.24) is 23.8 Å². The van der Waals surface area contributed by atoms with E-state index in [-0.39, 0.29) is 0 Å². The number of rotatable bonds is 4. The quantitative estimate of drug-likeness (QED) is 0.190. The molecule has 0 bridgehead atoms. The van der Waals surface area contributed by atoms with E-state index in [4.69, 9.17) is 23.5 Å². The average Bonchev–Trinajstić information content (AvgIpc) is 3.94. The normalized spacial score (nSPS) is 13.6. The maximum Gasteiger partial charge on any atom is 0.221 e. The molecule has 0 aliphatic carbocycles. The molecule has 0 N–H and O–H groups in total. The minimum atomic E-state index is 0.624. The van der Waals surface area contributed by atoms with Crippen molar-refractivity contribution in [2.75, 3.05) is 18.6 Å². The Balaban J connectivity index is 1.13. The number of aromatic nitrogens is 4. The van der Waals surface area contributed by atoms with E-state index in [2.05, 4.69) is 86.7 Å². The molecule has 11 rings (SSSR count). The highest BCUT2D eigenvalue weighted by atomic mass is 16.5. The fourth-order valence-corrected chi connectivity index (χ4v) is 7.27. The van der Waals surface area contributed by atoms with Gasteiger partial charge in [0.2, 0.25) is 5.78 Å². The fraction of sp³-hybridized carbons (Fsp3) is 0.0500. The van der Waals surface area contributed by atoms with Gasteiger partial charge in [-0.15, -0.1) is 0 Å². The van der Waals surface area contributed by atoms with Crippen LogP contribution in [0.2, 0.25) is 0 Å². The van der Waals surface area contributed by atoms with Crippen molar-refractivity contribution in [3.63, 3.8) is 0 Å². The van der Waals surface area contributed by atoms with Crippen LogP contribution in [-0.2, 0) is 0 Å². The standard InChI is InChI=1S/C40H26N6O3/c1-43-16-17-44(23-43)24-18-29-28-22-35-27(26-8-2-5-11-34(26)48-35)21-36(28)49-39(29)37(19-24)47-25-13-14-32-33(20-25)46(38-12-6-7-15-41-38)40-42-30-9-3-4-10-31(30)45(32)40/h2-22H,23H2,1H3. The number of para-hydroxylation sites is 3. The van der Waals surface area contributed by atoms with Gasteiger partial charge >= 0.3 is 0 Å². The van der Waals surface area contributed by atoms with Crippen LogP contribution in [0.4, 0.5) is 5.69 Å². The monoisotopic (exact) mass is 638 g/mol. The van der Waals surface area contributed by atoms with Gasteiger partial charge in [-0.05, 0) is 60.7 Å². The van der Waals surface area contributed by atoms with Crippen LogP contribution in [0.1, 0.15) is 0 Å². The molecule has 9 heteroatoms. The summed E-state index contributed by atoms with van der Waals surface area (Å²) < 4.78 is 24.0. The molecule has 0 fully saturated rings. The van der Waals surface area contributed by atoms with Gasteiger partial charge in [-0.2, -0.15) is 0 Å². The van der Waals surface area contributed by atoms with Crippen LogP contribution in [0.25, 0.3) is 77.5 Å². The number of hydrogen-bond donors (Lipinski definition) is 0. The summed E-state index contributed by atoms with van der Waals surface area (Å²) in [5, 5.41) is 4.01. The van der Waals surface area contributed by atoms with Crippen LogP contribution in [-0.4, -0.2) is 37.6 Å². The van der Waals surface area contributed by atoms with Gasteiger partial charge in [-0.25, -0.2) is 9.97 Å². The minimum absolute atomic E-state index is 0.624. The lowest BCUT2D eigenvalue weighted by atomic mass is 10.1. The Morgan fingerprint density at radius 3 is 2.39 bits per heavy atom. The van der Waals surface area contributed by atoms with Crippen LogP contribution in [0, 0.1) is 0 Å². The molecule has 0 amide bonds. The number of ether oxygens (including phenoxy) is 1. The number of fused-ring (bicyclic) bond motifs is 11. The molecule has 1 aliphatic rings. The highest BCUT2D eigenvalue weighted by Gasteiger charge is 2.22. The molecule has 0 saturated heterocycles. The largest absolute Gasteiger partial charge is 0.456 e. The second-order valence-electron chi connectivity index (χ2n) is 12.5. The van der Waals surface area contributed by atoms with Crippen LogP contribution < -0.4 is 9.64 Å². The van der Waals surface area contributed by atoms with E-state index in [1.807, 2.05) is 60.7 Å². The second-order valence-corrected chi connectivity index (χ2v) is 12.5. The second kappa shape index (κ2) is 9.65. The Kier molecular flexibility index (Phi) is 5.19. The molecule has 5 aromatic carbocycles. The van der Waals surface area contributed by atoms with Gasteiger partial charge in [0.05, 0.1) is 28.7 Å². The Labute approximate surface area is 278 Å². The maximum atomic E-state index is 6.81. The number of benzene rings is 5. The SMILES string of the molecule is CN1C=CN(c2cc(Oc3ccc4c(c3)n(-c3ccccn3)c3nc5ccccc5n43)c3oc4cc5c(cc4c3c2)oc2ccccc25)C1. The number of imidazole rings is 2. The van der Waals surface area contributed by atoms with Crippen LogP contribution in [0.15, 0.2) is 137 Å². The number of anilines is 1. The van der Waals surface area contributed by atoms with Crippen LogP contribution in [0.5, 0.6) is 11.5 Å². The summed E-state index contributed by atoms with van der Waals surface area (Å²) in [6, 6.07) is 36.7. The van der Waals surface area contributed by atoms with E-state index < -0.39 is 0 Å². The third-order valence-corrected chi connectivity index (χ3v) is 9.51. The van der Waals surface area contributed by atoms with Gasteiger partial charge < -0.3 is 23.4 Å². The van der Waals surface area contributed by atoms with Crippen LogP contribution in [0.3, 0.4) is 0 Å². The summed E-state index contributed by atoms with van der Waals surface area (Å²) in [6.07, 6.45) is 5.95. The molecule has 9 nitrogen and oxygen atoms in total. The number of furan rings is 2. The van der Waals surface area contributed by atoms with Gasteiger partial charge in [-0.3, -0.25) is 8.97 Å². The lowest BCUT2D eigenvalue weighted by Gasteiger charge is -2.19. The summed E-state index contributed by atoms with van der Waals surface area (Å²) in [7, 11) is 2.06. The van der Waals surface area contributed by atoms with E-state index in [1.165, 1.54) is 0 Å². The fourth-order valence-electron chi connectivity index (χ4n) is 7.27. The molecule has 5 aromatic heterocycles. The highest BCUT2D eigenvalue weighted by Crippen LogP contribution is 2.43. The first kappa shape index (κ1) is 26.3. The van der Waals surface area contributed by atoms with Crippen molar-refractivity contribution in [3.8, 4) is 17.3 Å². The van der Waals surface area contributed by atoms with Crippen molar-refractivity contribution < 1.29 is 13.6 Å². The Bertz CT molecular complexity index is 2980. The van der Waals surface area contributed by atoms with Crippen molar-refractivity contribution in [2.24, 2.45) is 0 Å². The predicted molar refractivity (Wildman–Crippen MR) is 193 cm³/mol. The smallest absolute Gasteiger partial charge is 0.221 e. The molecule has 0 unspecified atom stereocenters. The first-order valence-corrected chi connectivity index (χ1v) is 16.1. The van der Waals surface area contributed by atoms with E-state index in [0.29, 0.717) is 17.1 Å². The molecule has 1 aliphatic heterocycles. The molecule has 0 saturated carbocycles. The Hall–Kier alpha value is -6.74. The van der Waals surface area contributed by atoms with Crippen LogP contribution >= 0.6 is 0 Å². The van der Waals surface area contributed by atoms with Crippen molar-refractivity contribution in [3.05, 3.63) is 128 Å². The summed E-state index contributed by atoms with van der Waals surface area (Å²) in [6.45, 7) is 0.728. The van der Waals surface area contributed by atoms with Gasteiger partial charge in [0.25, 0.3) is 0 Å². The van der Waals surface area contributed by atoms with Crippen molar-refractivity contribution in [1.29, 1.82) is 0 Å². The zero-order valence-corrected chi connectivity index (χ0v) is 26.2. The number of nitrogens with zero attached hydrogens (tertiary/aromatic N) is 6. The van der Waals surface area contributed by atoms with Gasteiger partial charge in [0, 0.05) is 65.0 Å². The maximum absolute atomic E-state index is 6.81. The average molecular weight is 639 g/mol. The van der Waals surface area contributed by atoms with E-state index in [0.717, 1.165) is 84.3 Å². The van der Waals surface area contributed by atoms with Gasteiger partial charge in [0.1, 0.15) is 28.3 Å². The molecule has 0 radical (unpaired) electrons. The number of pyridine rings is 1. The van der Waals surface area contributed by atoms with Crippen molar-refractivity contribution in [2.45, 2.75) is 0 Å². The molecular weight excluding hydrogens is 612 g/mol. The molecule has 49 heavy (non-hydrogen) atoms. The van der Waals surface area contributed by atoms with E-state index in [1.54, 1.807) is 6.20 Å². The minimum Gasteiger partial charge on any atom is -0.456 e. The first-order chi connectivity index (χ1) is 24.2. The van der Waals surface area contributed by atoms with Gasteiger partial charge in [-0.1, -0.05) is 36.4 Å². The summed E-state index contributed by atoms with van der Waals surface area (Å²) >= 11 is 0. The molecule has 10 aromatic rings. The number of hydrogen-bond acceptors (Lipinski definition) is 7. The lowest BCUT2D eigenvalue weighted by Crippen LogP contribution is -2.21. The molecule has 0 spiro atoms. The van der Waals surface area contributed by atoms with Crippen molar-refractivity contribution >= 4 is 77.4 Å². The molecular formula is C40H26N6O3. The molecule has 6 heterocycles. The first-order valence-electron chi connectivity index (χ1n) is 16.1. The van der Waals surface area contributed by atoms with Gasteiger partial charge in [0.15, 0.2) is 11.3 Å². The zero-order valence-electron chi connectivity index (χ0n) is 26.2. The Morgan fingerprint density at radius 1 is 0.673 bits per heavy atom. The van der Waals surface area contributed by atoms with E-state index >= 15 is 0 Å². The third-order valence-electron chi connectivity index (χ3n) is 9.51. The predicted octanol–water partition coefficient (Wildman–Crippen LogP) is 9.60. The zero-order chi connectivity index (χ0) is 32.2. The summed E-state index contributed by atoms with van der Waals surface area (Å²) in [4.78, 5) is 14.0. The third kappa shape index (κ3) is 3.81. The highest BCUT2D eigenvalue weighted by molar-refractivity contribution is 6.16.